The van der Waals surface area contributed by atoms with Crippen LogP contribution in [0.3, 0.4) is 0 Å². The molecule has 3 aliphatic carbocycles. The van der Waals surface area contributed by atoms with Crippen molar-refractivity contribution in [2.75, 3.05) is 23.0 Å². The molecule has 0 saturated heterocycles. The fourth-order valence-corrected chi connectivity index (χ4v) is 10.0. The minimum Gasteiger partial charge on any atom is -0.508 e. The van der Waals surface area contributed by atoms with Crippen LogP contribution < -0.4 is 0 Å². The van der Waals surface area contributed by atoms with Crippen LogP contribution in [0, 0.1) is 23.2 Å². The summed E-state index contributed by atoms with van der Waals surface area (Å²) in [6, 6.07) is 6.17. The van der Waals surface area contributed by atoms with Crippen LogP contribution in [0.1, 0.15) is 114 Å². The molecule has 2 N–H and O–H groups in total. The topological polar surface area (TPSA) is 40.5 Å². The Balaban J connectivity index is 1.19. The van der Waals surface area contributed by atoms with Gasteiger partial charge in [-0.15, -0.1) is 0 Å². The maximum Gasteiger partial charge on any atom is 0.115 e. The van der Waals surface area contributed by atoms with E-state index >= 15 is 0 Å². The van der Waals surface area contributed by atoms with Crippen molar-refractivity contribution in [2.24, 2.45) is 23.2 Å². The highest BCUT2D eigenvalue weighted by Gasteiger charge is 2.56. The summed E-state index contributed by atoms with van der Waals surface area (Å²) in [5.74, 6) is 8.52. The summed E-state index contributed by atoms with van der Waals surface area (Å²) in [5.41, 5.74) is 3.04. The lowest BCUT2D eigenvalue weighted by molar-refractivity contribution is -0.0396. The molecule has 0 unspecified atom stereocenters. The molecule has 1 aromatic rings. The Morgan fingerprint density at radius 2 is 1.61 bits per heavy atom. The van der Waals surface area contributed by atoms with E-state index in [0.29, 0.717) is 29.4 Å². The first-order chi connectivity index (χ1) is 17.5. The first-order valence-electron chi connectivity index (χ1n) is 15.2. The summed E-state index contributed by atoms with van der Waals surface area (Å²) >= 11 is 4.32. The Kier molecular flexibility index (Phi) is 11.3. The zero-order valence-corrected chi connectivity index (χ0v) is 24.7. The van der Waals surface area contributed by atoms with Crippen molar-refractivity contribution in [3.05, 3.63) is 29.3 Å². The van der Waals surface area contributed by atoms with Crippen LogP contribution in [0.4, 0.5) is 0 Å². The minimum atomic E-state index is -0.109. The third kappa shape index (κ3) is 7.00. The van der Waals surface area contributed by atoms with Gasteiger partial charge < -0.3 is 10.2 Å². The minimum absolute atomic E-state index is 0.109. The van der Waals surface area contributed by atoms with Crippen molar-refractivity contribution in [3.63, 3.8) is 0 Å². The molecule has 3 aliphatic rings. The monoisotopic (exact) mass is 532 g/mol. The lowest BCUT2D eigenvalue weighted by atomic mass is 9.52. The van der Waals surface area contributed by atoms with E-state index in [-0.39, 0.29) is 11.5 Å². The molecule has 4 rings (SSSR count). The van der Waals surface area contributed by atoms with Gasteiger partial charge in [-0.3, -0.25) is 0 Å². The van der Waals surface area contributed by atoms with Gasteiger partial charge in [-0.25, -0.2) is 0 Å². The van der Waals surface area contributed by atoms with Gasteiger partial charge >= 0.3 is 0 Å². The average Bonchev–Trinajstić information content (AvgIpc) is 3.18. The number of hydrogen-bond donors (Lipinski definition) is 2. The second-order valence-corrected chi connectivity index (χ2v) is 14.7. The van der Waals surface area contributed by atoms with Gasteiger partial charge in [-0.1, -0.05) is 52.0 Å². The molecular weight excluding hydrogens is 480 g/mol. The summed E-state index contributed by atoms with van der Waals surface area (Å²) in [6.45, 7) is 4.67. The standard InChI is InChI=1S/C32H52O2S2/c1-3-4-8-18-35-20-10-21-36-19-9-6-5-7-11-24-22-25-23-26(33)12-13-27(25)28-16-17-32(2)29(31(24)28)14-15-30(32)34/h12-13,23-24,28-31,33-34H,3-11,14-22H2,1-2H3/t24-,28-,29+,30+,31-,32+/m1/s1. The third-order valence-corrected chi connectivity index (χ3v) is 12.2. The Hall–Kier alpha value is -0.320. The summed E-state index contributed by atoms with van der Waals surface area (Å²) in [4.78, 5) is 0. The Labute approximate surface area is 230 Å². The van der Waals surface area contributed by atoms with Crippen molar-refractivity contribution in [2.45, 2.75) is 116 Å². The molecule has 6 atom stereocenters. The number of fused-ring (bicyclic) bond motifs is 5. The quantitative estimate of drug-likeness (QED) is 0.221. The number of aliphatic hydroxyl groups is 1. The first-order valence-corrected chi connectivity index (χ1v) is 17.5. The van der Waals surface area contributed by atoms with Gasteiger partial charge in [0.15, 0.2) is 0 Å². The number of unbranched alkanes of at least 4 members (excludes halogenated alkanes) is 5. The van der Waals surface area contributed by atoms with Crippen LogP contribution in [0.5, 0.6) is 5.75 Å². The Morgan fingerprint density at radius 3 is 2.39 bits per heavy atom. The first kappa shape index (κ1) is 28.7. The maximum absolute atomic E-state index is 10.9. The normalized spacial score (nSPS) is 31.1. The highest BCUT2D eigenvalue weighted by Crippen LogP contribution is 2.62. The maximum atomic E-state index is 10.9. The van der Waals surface area contributed by atoms with Crippen molar-refractivity contribution in [1.82, 2.24) is 0 Å². The number of phenolic OH excluding ortho intramolecular Hbond substituents is 1. The zero-order valence-electron chi connectivity index (χ0n) is 23.1. The highest BCUT2D eigenvalue weighted by atomic mass is 32.2. The predicted molar refractivity (Wildman–Crippen MR) is 159 cm³/mol. The van der Waals surface area contributed by atoms with Crippen LogP contribution in [0.2, 0.25) is 0 Å². The van der Waals surface area contributed by atoms with Crippen LogP contribution in [-0.2, 0) is 6.42 Å². The molecule has 0 radical (unpaired) electrons. The van der Waals surface area contributed by atoms with E-state index in [1.54, 1.807) is 0 Å². The Bertz CT molecular complexity index is 798. The number of rotatable bonds is 15. The van der Waals surface area contributed by atoms with Gasteiger partial charge in [0.25, 0.3) is 0 Å². The molecule has 0 amide bonds. The van der Waals surface area contributed by atoms with E-state index in [4.69, 9.17) is 0 Å². The van der Waals surface area contributed by atoms with E-state index in [2.05, 4.69) is 49.5 Å². The molecule has 2 saturated carbocycles. The average molecular weight is 533 g/mol. The van der Waals surface area contributed by atoms with Crippen LogP contribution in [-0.4, -0.2) is 39.3 Å². The predicted octanol–water partition coefficient (Wildman–Crippen LogP) is 8.83. The van der Waals surface area contributed by atoms with Crippen molar-refractivity contribution < 1.29 is 10.2 Å². The van der Waals surface area contributed by atoms with Gasteiger partial charge in [0.1, 0.15) is 5.75 Å². The molecule has 0 bridgehead atoms. The molecule has 204 valence electrons. The molecular formula is C32H52O2S2. The van der Waals surface area contributed by atoms with Gasteiger partial charge in [0.2, 0.25) is 0 Å². The second-order valence-electron chi connectivity index (χ2n) is 12.3. The lowest BCUT2D eigenvalue weighted by Gasteiger charge is -2.53. The lowest BCUT2D eigenvalue weighted by Crippen LogP contribution is -2.47. The summed E-state index contributed by atoms with van der Waals surface area (Å²) < 4.78 is 0. The van der Waals surface area contributed by atoms with Gasteiger partial charge in [-0.05, 0) is 133 Å². The van der Waals surface area contributed by atoms with Crippen LogP contribution in [0.15, 0.2) is 18.2 Å². The molecule has 4 heteroatoms. The van der Waals surface area contributed by atoms with E-state index in [0.717, 1.165) is 19.3 Å². The SMILES string of the molecule is CCCCCSCCCSCCCCCC[C@@H]1Cc2cc(O)ccc2[C@H]2CC[C@]3(C)[C@@H](O)CC[C@H]3[C@H]12. The molecule has 0 aromatic heterocycles. The summed E-state index contributed by atoms with van der Waals surface area (Å²) in [6.07, 6.45) is 17.8. The van der Waals surface area contributed by atoms with Crippen LogP contribution >= 0.6 is 23.5 Å². The van der Waals surface area contributed by atoms with Gasteiger partial charge in [0, 0.05) is 0 Å². The molecule has 0 aliphatic heterocycles. The van der Waals surface area contributed by atoms with Crippen LogP contribution in [0.25, 0.3) is 0 Å². The van der Waals surface area contributed by atoms with E-state index in [1.165, 1.54) is 105 Å². The number of thioether (sulfide) groups is 2. The fraction of sp³-hybridized carbons (Fsp3) is 0.812. The van der Waals surface area contributed by atoms with E-state index in [9.17, 15) is 10.2 Å². The van der Waals surface area contributed by atoms with E-state index in [1.807, 2.05) is 6.07 Å². The number of aromatic hydroxyl groups is 1. The smallest absolute Gasteiger partial charge is 0.115 e. The molecule has 2 fully saturated rings. The number of benzene rings is 1. The Morgan fingerprint density at radius 1 is 0.889 bits per heavy atom. The second kappa shape index (κ2) is 14.2. The number of aliphatic hydroxyl groups excluding tert-OH is 1. The van der Waals surface area contributed by atoms with Gasteiger partial charge in [0.05, 0.1) is 6.10 Å². The third-order valence-electron chi connectivity index (χ3n) is 9.92. The summed E-state index contributed by atoms with van der Waals surface area (Å²) in [5, 5.41) is 21.0. The molecule has 0 spiro atoms. The molecule has 36 heavy (non-hydrogen) atoms. The highest BCUT2D eigenvalue weighted by molar-refractivity contribution is 8.00. The van der Waals surface area contributed by atoms with Crippen molar-refractivity contribution in [3.8, 4) is 5.75 Å². The molecule has 1 aromatic carbocycles. The number of hydrogen-bond acceptors (Lipinski definition) is 4. The fourth-order valence-electron chi connectivity index (χ4n) is 7.92. The van der Waals surface area contributed by atoms with E-state index < -0.39 is 0 Å². The van der Waals surface area contributed by atoms with Crippen molar-refractivity contribution >= 4 is 23.5 Å². The van der Waals surface area contributed by atoms with Gasteiger partial charge in [-0.2, -0.15) is 23.5 Å². The largest absolute Gasteiger partial charge is 0.508 e. The molecule has 2 nitrogen and oxygen atoms in total. The molecule has 0 heterocycles. The zero-order chi connectivity index (χ0) is 25.4. The number of phenols is 1. The summed E-state index contributed by atoms with van der Waals surface area (Å²) in [7, 11) is 0. The van der Waals surface area contributed by atoms with Crippen molar-refractivity contribution in [1.29, 1.82) is 0 Å².